The number of H-pyrrole nitrogens is 1. The minimum Gasteiger partial charge on any atom is -0.379 e. The third-order valence-corrected chi connectivity index (χ3v) is 4.04. The molecule has 2 heterocycles. The summed E-state index contributed by atoms with van der Waals surface area (Å²) in [5.41, 5.74) is 0. The van der Waals surface area contributed by atoms with Crippen LogP contribution in [0.15, 0.2) is 17.3 Å². The van der Waals surface area contributed by atoms with Gasteiger partial charge in [-0.2, -0.15) is 5.10 Å². The first kappa shape index (κ1) is 12.5. The van der Waals surface area contributed by atoms with Gasteiger partial charge in [0.15, 0.2) is 0 Å². The van der Waals surface area contributed by atoms with Gasteiger partial charge in [-0.1, -0.05) is 0 Å². The Kier molecular flexibility index (Phi) is 4.11. The van der Waals surface area contributed by atoms with Crippen molar-refractivity contribution in [3.63, 3.8) is 0 Å². The van der Waals surface area contributed by atoms with Crippen molar-refractivity contribution in [3.05, 3.63) is 12.4 Å². The van der Waals surface area contributed by atoms with E-state index >= 15 is 0 Å². The average molecular weight is 260 g/mol. The van der Waals surface area contributed by atoms with Crippen LogP contribution in [0.4, 0.5) is 0 Å². The molecular formula is C9H16N4O3S. The molecule has 1 saturated heterocycles. The Morgan fingerprint density at radius 1 is 1.47 bits per heavy atom. The zero-order valence-electron chi connectivity index (χ0n) is 9.42. The number of rotatable bonds is 5. The van der Waals surface area contributed by atoms with Crippen LogP contribution in [0.25, 0.3) is 0 Å². The van der Waals surface area contributed by atoms with Crippen molar-refractivity contribution in [1.82, 2.24) is 19.8 Å². The van der Waals surface area contributed by atoms with E-state index in [4.69, 9.17) is 4.74 Å². The zero-order chi connectivity index (χ0) is 12.1. The molecule has 17 heavy (non-hydrogen) atoms. The Morgan fingerprint density at radius 3 is 2.88 bits per heavy atom. The molecule has 96 valence electrons. The van der Waals surface area contributed by atoms with Gasteiger partial charge in [-0.3, -0.25) is 10.00 Å². The number of hydrogen-bond donors (Lipinski definition) is 2. The fraction of sp³-hybridized carbons (Fsp3) is 0.667. The highest BCUT2D eigenvalue weighted by Gasteiger charge is 2.15. The van der Waals surface area contributed by atoms with Gasteiger partial charge in [-0.25, -0.2) is 13.1 Å². The van der Waals surface area contributed by atoms with E-state index in [0.29, 0.717) is 26.3 Å². The second-order valence-electron chi connectivity index (χ2n) is 3.79. The SMILES string of the molecule is O=S(=O)(NCCN1CCOCC1)c1cn[nH]c1. The smallest absolute Gasteiger partial charge is 0.243 e. The van der Waals surface area contributed by atoms with E-state index in [9.17, 15) is 8.42 Å². The van der Waals surface area contributed by atoms with E-state index < -0.39 is 10.0 Å². The molecular weight excluding hydrogens is 244 g/mol. The molecule has 1 fully saturated rings. The maximum atomic E-state index is 11.7. The molecule has 1 aromatic heterocycles. The van der Waals surface area contributed by atoms with Crippen LogP contribution in [0.5, 0.6) is 0 Å². The molecule has 2 rings (SSSR count). The Bertz CT molecular complexity index is 425. The minimum absolute atomic E-state index is 0.166. The second kappa shape index (κ2) is 5.58. The lowest BCUT2D eigenvalue weighted by molar-refractivity contribution is 0.0390. The van der Waals surface area contributed by atoms with Crippen LogP contribution in [0.3, 0.4) is 0 Å². The Balaban J connectivity index is 1.78. The quantitative estimate of drug-likeness (QED) is 0.710. The van der Waals surface area contributed by atoms with E-state index in [1.807, 2.05) is 0 Å². The largest absolute Gasteiger partial charge is 0.379 e. The van der Waals surface area contributed by atoms with Gasteiger partial charge in [0.25, 0.3) is 0 Å². The standard InChI is InChI=1S/C9H16N4O3S/c14-17(15,9-7-10-11-8-9)12-1-2-13-3-5-16-6-4-13/h7-8,12H,1-6H2,(H,10,11). The summed E-state index contributed by atoms with van der Waals surface area (Å²) in [4.78, 5) is 2.33. The number of ether oxygens (including phenoxy) is 1. The summed E-state index contributed by atoms with van der Waals surface area (Å²) in [5.74, 6) is 0. The topological polar surface area (TPSA) is 87.3 Å². The Morgan fingerprint density at radius 2 is 2.24 bits per heavy atom. The molecule has 1 aliphatic heterocycles. The normalized spacial score (nSPS) is 18.4. The predicted octanol–water partition coefficient (Wildman–Crippen LogP) is -0.980. The van der Waals surface area contributed by atoms with E-state index in [-0.39, 0.29) is 4.90 Å². The van der Waals surface area contributed by atoms with Gasteiger partial charge in [-0.15, -0.1) is 0 Å². The lowest BCUT2D eigenvalue weighted by atomic mass is 10.4. The molecule has 0 bridgehead atoms. The number of sulfonamides is 1. The fourth-order valence-electron chi connectivity index (χ4n) is 1.63. The van der Waals surface area contributed by atoms with Crippen molar-refractivity contribution in [2.24, 2.45) is 0 Å². The third kappa shape index (κ3) is 3.50. The van der Waals surface area contributed by atoms with Crippen LogP contribution in [0.1, 0.15) is 0 Å². The first-order valence-corrected chi connectivity index (χ1v) is 6.95. The first-order valence-electron chi connectivity index (χ1n) is 5.47. The molecule has 8 heteroatoms. The van der Waals surface area contributed by atoms with Gasteiger partial charge in [0, 0.05) is 32.4 Å². The highest BCUT2D eigenvalue weighted by Crippen LogP contribution is 2.03. The number of hydrogen-bond acceptors (Lipinski definition) is 5. The lowest BCUT2D eigenvalue weighted by Gasteiger charge is -2.26. The number of aromatic nitrogens is 2. The van der Waals surface area contributed by atoms with Gasteiger partial charge in [0.2, 0.25) is 10.0 Å². The van der Waals surface area contributed by atoms with Crippen LogP contribution in [0.2, 0.25) is 0 Å². The molecule has 2 N–H and O–H groups in total. The zero-order valence-corrected chi connectivity index (χ0v) is 10.2. The molecule has 0 saturated carbocycles. The molecule has 0 aliphatic carbocycles. The lowest BCUT2D eigenvalue weighted by Crippen LogP contribution is -2.41. The molecule has 0 radical (unpaired) electrons. The number of nitrogens with zero attached hydrogens (tertiary/aromatic N) is 2. The van der Waals surface area contributed by atoms with Crippen LogP contribution in [-0.2, 0) is 14.8 Å². The highest BCUT2D eigenvalue weighted by atomic mass is 32.2. The van der Waals surface area contributed by atoms with E-state index in [0.717, 1.165) is 13.1 Å². The molecule has 0 atom stereocenters. The summed E-state index contributed by atoms with van der Waals surface area (Å²) in [5, 5.41) is 6.09. The van der Waals surface area contributed by atoms with Crippen LogP contribution in [0, 0.1) is 0 Å². The number of nitrogens with one attached hydrogen (secondary N) is 2. The van der Waals surface area contributed by atoms with Crippen molar-refractivity contribution in [1.29, 1.82) is 0 Å². The average Bonchev–Trinajstić information content (AvgIpc) is 2.84. The summed E-state index contributed by atoms with van der Waals surface area (Å²) < 4.78 is 31.2. The van der Waals surface area contributed by atoms with Gasteiger partial charge >= 0.3 is 0 Å². The summed E-state index contributed by atoms with van der Waals surface area (Å²) in [6.45, 7) is 4.23. The maximum Gasteiger partial charge on any atom is 0.243 e. The molecule has 1 aromatic rings. The maximum absolute atomic E-state index is 11.7. The second-order valence-corrected chi connectivity index (χ2v) is 5.55. The molecule has 1 aliphatic rings. The summed E-state index contributed by atoms with van der Waals surface area (Å²) in [6, 6.07) is 0. The van der Waals surface area contributed by atoms with E-state index in [2.05, 4.69) is 19.8 Å². The van der Waals surface area contributed by atoms with E-state index in [1.54, 1.807) is 0 Å². The van der Waals surface area contributed by atoms with Gasteiger partial charge in [-0.05, 0) is 0 Å². The molecule has 0 spiro atoms. The highest BCUT2D eigenvalue weighted by molar-refractivity contribution is 7.89. The summed E-state index contributed by atoms with van der Waals surface area (Å²) in [7, 11) is -3.42. The summed E-state index contributed by atoms with van der Waals surface area (Å²) >= 11 is 0. The van der Waals surface area contributed by atoms with Crippen molar-refractivity contribution < 1.29 is 13.2 Å². The predicted molar refractivity (Wildman–Crippen MR) is 61.0 cm³/mol. The number of aromatic amines is 1. The molecule has 0 aromatic carbocycles. The van der Waals surface area contributed by atoms with Crippen molar-refractivity contribution in [2.45, 2.75) is 4.90 Å². The van der Waals surface area contributed by atoms with Crippen LogP contribution in [-0.4, -0.2) is 62.9 Å². The first-order chi connectivity index (χ1) is 8.18. The minimum atomic E-state index is -3.42. The fourth-order valence-corrected chi connectivity index (χ4v) is 2.56. The molecule has 0 amide bonds. The Labute approximate surface area is 100 Å². The van der Waals surface area contributed by atoms with Gasteiger partial charge in [0.1, 0.15) is 4.90 Å². The van der Waals surface area contributed by atoms with Crippen LogP contribution >= 0.6 is 0 Å². The third-order valence-electron chi connectivity index (χ3n) is 2.61. The van der Waals surface area contributed by atoms with Crippen molar-refractivity contribution in [2.75, 3.05) is 39.4 Å². The molecule has 7 nitrogen and oxygen atoms in total. The number of morpholine rings is 1. The molecule has 0 unspecified atom stereocenters. The van der Waals surface area contributed by atoms with Crippen LogP contribution < -0.4 is 4.72 Å². The summed E-state index contributed by atoms with van der Waals surface area (Å²) in [6.07, 6.45) is 2.65. The van der Waals surface area contributed by atoms with Gasteiger partial charge in [0.05, 0.1) is 19.4 Å². The van der Waals surface area contributed by atoms with E-state index in [1.165, 1.54) is 12.4 Å². The van der Waals surface area contributed by atoms with Crippen molar-refractivity contribution >= 4 is 10.0 Å². The van der Waals surface area contributed by atoms with Gasteiger partial charge < -0.3 is 4.74 Å². The Hall–Kier alpha value is -0.960. The monoisotopic (exact) mass is 260 g/mol. The van der Waals surface area contributed by atoms with Crippen molar-refractivity contribution in [3.8, 4) is 0 Å².